The fourth-order valence-corrected chi connectivity index (χ4v) is 3.23. The first-order valence-corrected chi connectivity index (χ1v) is 8.96. The molecule has 3 N–H and O–H groups in total. The van der Waals surface area contributed by atoms with E-state index in [1.54, 1.807) is 43.0 Å². The van der Waals surface area contributed by atoms with Gasteiger partial charge in [-0.3, -0.25) is 4.79 Å². The Labute approximate surface area is 157 Å². The quantitative estimate of drug-likeness (QED) is 0.655. The number of aliphatic carboxylic acids is 2. The number of hydrogen-bond acceptors (Lipinski definition) is 4. The Morgan fingerprint density at radius 2 is 1.59 bits per heavy atom. The summed E-state index contributed by atoms with van der Waals surface area (Å²) < 4.78 is 0. The first kappa shape index (κ1) is 20.6. The van der Waals surface area contributed by atoms with E-state index in [4.69, 9.17) is 0 Å². The van der Waals surface area contributed by atoms with Crippen LogP contribution in [0.15, 0.2) is 35.4 Å². The van der Waals surface area contributed by atoms with Crippen molar-refractivity contribution in [3.05, 3.63) is 46.5 Å². The minimum Gasteiger partial charge on any atom is -0.478 e. The van der Waals surface area contributed by atoms with Gasteiger partial charge in [-0.2, -0.15) is 0 Å². The van der Waals surface area contributed by atoms with Gasteiger partial charge in [0.1, 0.15) is 0 Å². The van der Waals surface area contributed by atoms with Gasteiger partial charge in [0.15, 0.2) is 0 Å². The Balaban J connectivity index is 2.18. The Morgan fingerprint density at radius 1 is 1.04 bits per heavy atom. The Morgan fingerprint density at radius 3 is 2.04 bits per heavy atom. The normalized spacial score (nSPS) is 16.2. The lowest BCUT2D eigenvalue weighted by Gasteiger charge is -2.29. The molecule has 0 aromatic heterocycles. The average Bonchev–Trinajstić information content (AvgIpc) is 2.61. The van der Waals surface area contributed by atoms with Crippen LogP contribution in [0.25, 0.3) is 0 Å². The fourth-order valence-electron chi connectivity index (χ4n) is 3.23. The third kappa shape index (κ3) is 5.17. The van der Waals surface area contributed by atoms with E-state index in [9.17, 15) is 29.7 Å². The first-order valence-electron chi connectivity index (χ1n) is 8.96. The molecule has 0 saturated carbocycles. The van der Waals surface area contributed by atoms with Crippen LogP contribution in [-0.4, -0.2) is 57.3 Å². The van der Waals surface area contributed by atoms with Crippen molar-refractivity contribution in [1.82, 2.24) is 4.90 Å². The van der Waals surface area contributed by atoms with Crippen molar-refractivity contribution in [1.29, 1.82) is 0 Å². The van der Waals surface area contributed by atoms with Gasteiger partial charge < -0.3 is 20.2 Å². The standard InChI is InChI=1S/C20H25NO6/c1-12(2)17(20(26)27)16(19(24)25)11-13-3-5-14(6-4-13)18(23)21-9-7-15(22)8-10-21/h3-6,12,15,22H,7-11H2,1-2H3,(H,24,25)(H,26,27)/b17-16-. The topological polar surface area (TPSA) is 115 Å². The highest BCUT2D eigenvalue weighted by atomic mass is 16.4. The lowest BCUT2D eigenvalue weighted by Crippen LogP contribution is -2.40. The van der Waals surface area contributed by atoms with Crippen LogP contribution in [0.5, 0.6) is 0 Å². The van der Waals surface area contributed by atoms with Gasteiger partial charge in [0.25, 0.3) is 5.91 Å². The second-order valence-corrected chi connectivity index (χ2v) is 7.05. The number of aliphatic hydroxyl groups is 1. The van der Waals surface area contributed by atoms with Crippen LogP contribution in [0, 0.1) is 5.92 Å². The molecule has 0 spiro atoms. The maximum absolute atomic E-state index is 12.5. The molecule has 1 heterocycles. The van der Waals surface area contributed by atoms with Crippen molar-refractivity contribution in [2.24, 2.45) is 5.92 Å². The summed E-state index contributed by atoms with van der Waals surface area (Å²) in [6.07, 6.45) is 0.731. The highest BCUT2D eigenvalue weighted by Gasteiger charge is 2.24. The summed E-state index contributed by atoms with van der Waals surface area (Å²) in [5, 5.41) is 28.3. The number of aliphatic hydroxyl groups excluding tert-OH is 1. The molecule has 1 amide bonds. The number of carbonyl (C=O) groups excluding carboxylic acids is 1. The van der Waals surface area contributed by atoms with Crippen molar-refractivity contribution < 1.29 is 29.7 Å². The number of amides is 1. The average molecular weight is 375 g/mol. The maximum Gasteiger partial charge on any atom is 0.332 e. The molecule has 2 rings (SSSR count). The molecule has 27 heavy (non-hydrogen) atoms. The molecule has 0 aliphatic carbocycles. The van der Waals surface area contributed by atoms with Crippen LogP contribution in [0.1, 0.15) is 42.6 Å². The van der Waals surface area contributed by atoms with E-state index >= 15 is 0 Å². The number of rotatable bonds is 6. The molecule has 1 saturated heterocycles. The number of benzene rings is 1. The van der Waals surface area contributed by atoms with Crippen LogP contribution in [0.4, 0.5) is 0 Å². The Kier molecular flexibility index (Phi) is 6.74. The van der Waals surface area contributed by atoms with Gasteiger partial charge in [-0.15, -0.1) is 0 Å². The zero-order chi connectivity index (χ0) is 20.1. The lowest BCUT2D eigenvalue weighted by atomic mass is 9.92. The summed E-state index contributed by atoms with van der Waals surface area (Å²) in [4.78, 5) is 37.2. The molecule has 0 radical (unpaired) electrons. The van der Waals surface area contributed by atoms with Crippen LogP contribution >= 0.6 is 0 Å². The van der Waals surface area contributed by atoms with Crippen molar-refractivity contribution in [3.63, 3.8) is 0 Å². The Bertz CT molecular complexity index is 742. The second-order valence-electron chi connectivity index (χ2n) is 7.05. The van der Waals surface area contributed by atoms with Gasteiger partial charge in [0, 0.05) is 25.1 Å². The van der Waals surface area contributed by atoms with E-state index in [0.29, 0.717) is 37.1 Å². The van der Waals surface area contributed by atoms with Crippen LogP contribution in [-0.2, 0) is 16.0 Å². The van der Waals surface area contributed by atoms with Crippen molar-refractivity contribution in [2.45, 2.75) is 39.2 Å². The van der Waals surface area contributed by atoms with Crippen LogP contribution < -0.4 is 0 Å². The second kappa shape index (κ2) is 8.81. The van der Waals surface area contributed by atoms with E-state index in [2.05, 4.69) is 0 Å². The smallest absolute Gasteiger partial charge is 0.332 e. The zero-order valence-electron chi connectivity index (χ0n) is 15.5. The summed E-state index contributed by atoms with van der Waals surface area (Å²) in [5.74, 6) is -3.05. The van der Waals surface area contributed by atoms with Crippen molar-refractivity contribution >= 4 is 17.8 Å². The summed E-state index contributed by atoms with van der Waals surface area (Å²) in [5.41, 5.74) is 0.840. The molecule has 0 bridgehead atoms. The highest BCUT2D eigenvalue weighted by Crippen LogP contribution is 2.21. The molecule has 1 fully saturated rings. The van der Waals surface area contributed by atoms with Gasteiger partial charge in [0.2, 0.25) is 0 Å². The number of nitrogens with zero attached hydrogens (tertiary/aromatic N) is 1. The molecule has 7 heteroatoms. The summed E-state index contributed by atoms with van der Waals surface area (Å²) in [6, 6.07) is 6.54. The summed E-state index contributed by atoms with van der Waals surface area (Å²) in [7, 11) is 0. The third-order valence-electron chi connectivity index (χ3n) is 4.72. The van der Waals surface area contributed by atoms with Crippen LogP contribution in [0.2, 0.25) is 0 Å². The predicted octanol–water partition coefficient (Wildman–Crippen LogP) is 1.95. The molecule has 146 valence electrons. The van der Waals surface area contributed by atoms with Gasteiger partial charge >= 0.3 is 11.9 Å². The minimum atomic E-state index is -1.26. The molecular weight excluding hydrogens is 350 g/mol. The monoisotopic (exact) mass is 375 g/mol. The van der Waals surface area contributed by atoms with Gasteiger partial charge in [-0.1, -0.05) is 26.0 Å². The number of likely N-dealkylation sites (tertiary alicyclic amines) is 1. The predicted molar refractivity (Wildman–Crippen MR) is 98.4 cm³/mol. The van der Waals surface area contributed by atoms with Crippen molar-refractivity contribution in [3.8, 4) is 0 Å². The van der Waals surface area contributed by atoms with E-state index in [-0.39, 0.29) is 29.6 Å². The third-order valence-corrected chi connectivity index (χ3v) is 4.72. The number of carboxylic acids is 2. The summed E-state index contributed by atoms with van der Waals surface area (Å²) in [6.45, 7) is 4.29. The molecule has 0 unspecified atom stereocenters. The number of hydrogen-bond donors (Lipinski definition) is 3. The van der Waals surface area contributed by atoms with E-state index < -0.39 is 17.9 Å². The molecule has 7 nitrogen and oxygen atoms in total. The molecular formula is C20H25NO6. The summed E-state index contributed by atoms with van der Waals surface area (Å²) >= 11 is 0. The number of carbonyl (C=O) groups is 3. The van der Waals surface area contributed by atoms with Crippen molar-refractivity contribution in [2.75, 3.05) is 13.1 Å². The highest BCUT2D eigenvalue weighted by molar-refractivity contribution is 5.99. The zero-order valence-corrected chi connectivity index (χ0v) is 15.5. The van der Waals surface area contributed by atoms with E-state index in [1.165, 1.54) is 0 Å². The van der Waals surface area contributed by atoms with E-state index in [1.807, 2.05) is 0 Å². The first-order chi connectivity index (χ1) is 12.7. The number of piperidine rings is 1. The molecule has 1 aliphatic rings. The SMILES string of the molecule is CC(C)/C(C(=O)O)=C(\Cc1ccc(C(=O)N2CCC(O)CC2)cc1)C(=O)O. The van der Waals surface area contributed by atoms with Crippen LogP contribution in [0.3, 0.4) is 0 Å². The van der Waals surface area contributed by atoms with Gasteiger partial charge in [-0.05, 0) is 36.5 Å². The largest absolute Gasteiger partial charge is 0.478 e. The molecule has 1 aromatic rings. The minimum absolute atomic E-state index is 0.0283. The Hall–Kier alpha value is -2.67. The molecule has 1 aromatic carbocycles. The van der Waals surface area contributed by atoms with E-state index in [0.717, 1.165) is 0 Å². The maximum atomic E-state index is 12.5. The molecule has 1 aliphatic heterocycles. The number of carboxylic acid groups (broad SMARTS) is 2. The molecule has 0 atom stereocenters. The fraction of sp³-hybridized carbons (Fsp3) is 0.450. The lowest BCUT2D eigenvalue weighted by molar-refractivity contribution is -0.136. The van der Waals surface area contributed by atoms with Gasteiger partial charge in [0.05, 0.1) is 17.3 Å². The van der Waals surface area contributed by atoms with Gasteiger partial charge in [-0.25, -0.2) is 9.59 Å².